The third kappa shape index (κ3) is 4.19. The monoisotopic (exact) mass is 291 g/mol. The van der Waals surface area contributed by atoms with E-state index in [1.807, 2.05) is 26.0 Å². The summed E-state index contributed by atoms with van der Waals surface area (Å²) in [7, 11) is 1.69. The number of hydrogen-bond donors (Lipinski definition) is 2. The molecule has 0 aromatic heterocycles. The fourth-order valence-corrected chi connectivity index (χ4v) is 2.51. The minimum Gasteiger partial charge on any atom is -0.399 e. The molecule has 1 fully saturated rings. The largest absolute Gasteiger partial charge is 0.399 e. The van der Waals surface area contributed by atoms with Gasteiger partial charge in [-0.25, -0.2) is 0 Å². The summed E-state index contributed by atoms with van der Waals surface area (Å²) in [5.74, 6) is 0.0193. The quantitative estimate of drug-likeness (QED) is 0.754. The zero-order valence-corrected chi connectivity index (χ0v) is 13.1. The van der Waals surface area contributed by atoms with Gasteiger partial charge in [0, 0.05) is 31.1 Å². The summed E-state index contributed by atoms with van der Waals surface area (Å²) in [4.78, 5) is 14.7. The van der Waals surface area contributed by atoms with Gasteiger partial charge in [0.1, 0.15) is 0 Å². The van der Waals surface area contributed by atoms with E-state index in [1.165, 1.54) is 12.8 Å². The molecule has 2 rings (SSSR count). The highest BCUT2D eigenvalue weighted by molar-refractivity contribution is 5.95. The predicted molar refractivity (Wildman–Crippen MR) is 85.3 cm³/mol. The lowest BCUT2D eigenvalue weighted by atomic mass is 10.1. The van der Waals surface area contributed by atoms with Crippen LogP contribution in [0.5, 0.6) is 0 Å². The number of amides is 1. The van der Waals surface area contributed by atoms with Crippen molar-refractivity contribution in [1.82, 2.24) is 4.90 Å². The topological polar surface area (TPSA) is 67.6 Å². The van der Waals surface area contributed by atoms with Crippen LogP contribution in [0.3, 0.4) is 0 Å². The van der Waals surface area contributed by atoms with E-state index in [0.717, 1.165) is 17.8 Å². The summed E-state index contributed by atoms with van der Waals surface area (Å²) in [6.45, 7) is 5.33. The zero-order chi connectivity index (χ0) is 15.4. The molecule has 1 amide bonds. The normalized spacial score (nSPS) is 16.0. The Labute approximate surface area is 126 Å². The van der Waals surface area contributed by atoms with Crippen LogP contribution < -0.4 is 11.1 Å². The maximum atomic E-state index is 12.5. The van der Waals surface area contributed by atoms with Gasteiger partial charge in [-0.1, -0.05) is 0 Å². The molecule has 116 valence electrons. The molecule has 1 saturated carbocycles. The van der Waals surface area contributed by atoms with Crippen LogP contribution in [0.2, 0.25) is 0 Å². The van der Waals surface area contributed by atoms with Crippen molar-refractivity contribution in [3.05, 3.63) is 23.8 Å². The number of nitrogens with one attached hydrogen (secondary N) is 1. The van der Waals surface area contributed by atoms with Crippen molar-refractivity contribution in [2.45, 2.75) is 38.8 Å². The molecule has 5 nitrogen and oxygen atoms in total. The smallest absolute Gasteiger partial charge is 0.241 e. The number of nitrogens with zero attached hydrogens (tertiary/aromatic N) is 1. The molecule has 1 aliphatic carbocycles. The van der Waals surface area contributed by atoms with Crippen molar-refractivity contribution in [2.24, 2.45) is 0 Å². The van der Waals surface area contributed by atoms with Crippen LogP contribution in [0.4, 0.5) is 11.4 Å². The van der Waals surface area contributed by atoms with Crippen LogP contribution in [0.15, 0.2) is 18.2 Å². The molecule has 1 aliphatic rings. The number of rotatable bonds is 7. The van der Waals surface area contributed by atoms with E-state index in [-0.39, 0.29) is 11.9 Å². The molecule has 21 heavy (non-hydrogen) atoms. The van der Waals surface area contributed by atoms with Gasteiger partial charge in [0.25, 0.3) is 0 Å². The molecule has 0 spiro atoms. The van der Waals surface area contributed by atoms with E-state index in [0.29, 0.717) is 18.3 Å². The summed E-state index contributed by atoms with van der Waals surface area (Å²) >= 11 is 0. The van der Waals surface area contributed by atoms with Crippen molar-refractivity contribution >= 4 is 17.3 Å². The fourth-order valence-electron chi connectivity index (χ4n) is 2.51. The molecule has 1 aromatic carbocycles. The number of ether oxygens (including phenoxy) is 1. The number of carbonyl (C=O) groups is 1. The molecular weight excluding hydrogens is 266 g/mol. The van der Waals surface area contributed by atoms with Crippen molar-refractivity contribution in [3.63, 3.8) is 0 Å². The minimum absolute atomic E-state index is 0.0193. The molecule has 0 bridgehead atoms. The summed E-state index contributed by atoms with van der Waals surface area (Å²) in [5, 5.41) is 3.00. The van der Waals surface area contributed by atoms with E-state index >= 15 is 0 Å². The summed E-state index contributed by atoms with van der Waals surface area (Å²) in [6, 6.07) is 5.88. The molecule has 0 heterocycles. The lowest BCUT2D eigenvalue weighted by Gasteiger charge is -2.28. The number of aryl methyl sites for hydroxylation is 1. The van der Waals surface area contributed by atoms with Crippen LogP contribution in [-0.2, 0) is 9.53 Å². The number of benzene rings is 1. The highest BCUT2D eigenvalue weighted by atomic mass is 16.5. The second kappa shape index (κ2) is 6.91. The highest BCUT2D eigenvalue weighted by Gasteiger charge is 2.34. The van der Waals surface area contributed by atoms with Crippen molar-refractivity contribution < 1.29 is 9.53 Å². The Bertz CT molecular complexity index is 500. The van der Waals surface area contributed by atoms with Gasteiger partial charge in [-0.2, -0.15) is 0 Å². The number of nitrogens with two attached hydrogens (primary N) is 1. The lowest BCUT2D eigenvalue weighted by Crippen LogP contribution is -2.45. The molecule has 0 radical (unpaired) electrons. The van der Waals surface area contributed by atoms with Crippen LogP contribution in [0.25, 0.3) is 0 Å². The lowest BCUT2D eigenvalue weighted by molar-refractivity contribution is -0.121. The Balaban J connectivity index is 2.00. The van der Waals surface area contributed by atoms with Gasteiger partial charge in [-0.15, -0.1) is 0 Å². The molecule has 0 saturated heterocycles. The predicted octanol–water partition coefficient (Wildman–Crippen LogP) is 2.02. The van der Waals surface area contributed by atoms with Crippen LogP contribution >= 0.6 is 0 Å². The van der Waals surface area contributed by atoms with E-state index in [9.17, 15) is 4.79 Å². The molecule has 3 N–H and O–H groups in total. The fraction of sp³-hybridized carbons (Fsp3) is 0.562. The molecule has 1 atom stereocenters. The van der Waals surface area contributed by atoms with Gasteiger partial charge in [0.2, 0.25) is 5.91 Å². The standard InChI is InChI=1S/C16H25N3O2/c1-11-10-13(17)4-7-15(11)18-16(20)12(2)19(8-9-21-3)14-5-6-14/h4,7,10,12,14H,5-6,8-9,17H2,1-3H3,(H,18,20). The minimum atomic E-state index is -0.162. The van der Waals surface area contributed by atoms with E-state index in [1.54, 1.807) is 13.2 Å². The molecule has 1 unspecified atom stereocenters. The Hall–Kier alpha value is -1.59. The summed E-state index contributed by atoms with van der Waals surface area (Å²) in [5.41, 5.74) is 8.24. The zero-order valence-electron chi connectivity index (χ0n) is 13.1. The number of nitrogen functional groups attached to an aromatic ring is 1. The summed E-state index contributed by atoms with van der Waals surface area (Å²) < 4.78 is 5.14. The number of carbonyl (C=O) groups excluding carboxylic acids is 1. The highest BCUT2D eigenvalue weighted by Crippen LogP contribution is 2.29. The first-order valence-corrected chi connectivity index (χ1v) is 7.44. The Morgan fingerprint density at radius 2 is 2.24 bits per heavy atom. The first kappa shape index (κ1) is 15.8. The Morgan fingerprint density at radius 1 is 1.52 bits per heavy atom. The van der Waals surface area contributed by atoms with Crippen molar-refractivity contribution in [2.75, 3.05) is 31.3 Å². The third-order valence-corrected chi connectivity index (χ3v) is 3.95. The Kier molecular flexibility index (Phi) is 5.20. The average Bonchev–Trinajstić information content (AvgIpc) is 3.26. The molecule has 1 aromatic rings. The first-order chi connectivity index (χ1) is 10.0. The van der Waals surface area contributed by atoms with E-state index < -0.39 is 0 Å². The average molecular weight is 291 g/mol. The van der Waals surface area contributed by atoms with Gasteiger partial charge in [0.15, 0.2) is 0 Å². The summed E-state index contributed by atoms with van der Waals surface area (Å²) in [6.07, 6.45) is 2.34. The van der Waals surface area contributed by atoms with Gasteiger partial charge in [0.05, 0.1) is 12.6 Å². The van der Waals surface area contributed by atoms with E-state index in [4.69, 9.17) is 10.5 Å². The second-order valence-corrected chi connectivity index (χ2v) is 5.70. The SMILES string of the molecule is COCCN(C1CC1)C(C)C(=O)Nc1ccc(N)cc1C. The molecule has 5 heteroatoms. The van der Waals surface area contributed by atoms with Gasteiger partial charge in [-0.05, 0) is 50.5 Å². The molecular formula is C16H25N3O2. The van der Waals surface area contributed by atoms with Gasteiger partial charge >= 0.3 is 0 Å². The first-order valence-electron chi connectivity index (χ1n) is 7.44. The van der Waals surface area contributed by atoms with E-state index in [2.05, 4.69) is 10.2 Å². The van der Waals surface area contributed by atoms with Crippen molar-refractivity contribution in [3.8, 4) is 0 Å². The maximum Gasteiger partial charge on any atom is 0.241 e. The number of hydrogen-bond acceptors (Lipinski definition) is 4. The van der Waals surface area contributed by atoms with Crippen LogP contribution in [0.1, 0.15) is 25.3 Å². The number of methoxy groups -OCH3 is 1. The molecule has 0 aliphatic heterocycles. The van der Waals surface area contributed by atoms with Gasteiger partial charge < -0.3 is 15.8 Å². The maximum absolute atomic E-state index is 12.5. The van der Waals surface area contributed by atoms with Crippen LogP contribution in [0, 0.1) is 6.92 Å². The number of anilines is 2. The van der Waals surface area contributed by atoms with Crippen LogP contribution in [-0.4, -0.2) is 43.2 Å². The Morgan fingerprint density at radius 3 is 2.81 bits per heavy atom. The third-order valence-electron chi connectivity index (χ3n) is 3.95. The van der Waals surface area contributed by atoms with Crippen molar-refractivity contribution in [1.29, 1.82) is 0 Å². The van der Waals surface area contributed by atoms with Gasteiger partial charge in [-0.3, -0.25) is 9.69 Å². The second-order valence-electron chi connectivity index (χ2n) is 5.70.